The third-order valence-corrected chi connectivity index (χ3v) is 4.79. The van der Waals surface area contributed by atoms with Gasteiger partial charge in [0.1, 0.15) is 5.82 Å². The zero-order valence-electron chi connectivity index (χ0n) is 11.8. The van der Waals surface area contributed by atoms with Crippen LogP contribution < -0.4 is 4.90 Å². The molecule has 0 bridgehead atoms. The van der Waals surface area contributed by atoms with Crippen LogP contribution in [-0.2, 0) is 0 Å². The highest BCUT2D eigenvalue weighted by atomic mass is 16.3. The normalized spacial score (nSPS) is 26.0. The molecule has 0 radical (unpaired) electrons. The number of aliphatic hydroxyl groups is 1. The molecule has 19 heavy (non-hydrogen) atoms. The molecule has 0 spiro atoms. The van der Waals surface area contributed by atoms with Crippen LogP contribution in [0.2, 0.25) is 0 Å². The highest BCUT2D eigenvalue weighted by molar-refractivity contribution is 5.42. The lowest BCUT2D eigenvalue weighted by Gasteiger charge is -2.30. The molecule has 3 nitrogen and oxygen atoms in total. The van der Waals surface area contributed by atoms with Crippen LogP contribution in [0.25, 0.3) is 0 Å². The molecule has 3 heteroatoms. The Balaban J connectivity index is 1.76. The second kappa shape index (κ2) is 5.49. The Morgan fingerprint density at radius 3 is 2.63 bits per heavy atom. The highest BCUT2D eigenvalue weighted by Gasteiger charge is 2.33. The van der Waals surface area contributed by atoms with Gasteiger partial charge in [0.05, 0.1) is 6.10 Å². The molecular formula is C16H24N2O. The Kier molecular flexibility index (Phi) is 3.74. The summed E-state index contributed by atoms with van der Waals surface area (Å²) in [5.41, 5.74) is 0.903. The van der Waals surface area contributed by atoms with E-state index in [0.717, 1.165) is 23.8 Å². The summed E-state index contributed by atoms with van der Waals surface area (Å²) in [7, 11) is 0. The van der Waals surface area contributed by atoms with Gasteiger partial charge in [-0.2, -0.15) is 0 Å². The Bertz CT molecular complexity index is 409. The topological polar surface area (TPSA) is 36.4 Å². The Labute approximate surface area is 115 Å². The van der Waals surface area contributed by atoms with E-state index in [2.05, 4.69) is 16.0 Å². The van der Waals surface area contributed by atoms with Crippen LogP contribution >= 0.6 is 0 Å². The van der Waals surface area contributed by atoms with Crippen molar-refractivity contribution >= 4 is 5.82 Å². The van der Waals surface area contributed by atoms with E-state index in [-0.39, 0.29) is 0 Å². The van der Waals surface area contributed by atoms with E-state index in [1.807, 2.05) is 12.3 Å². The lowest BCUT2D eigenvalue weighted by Crippen LogP contribution is -2.35. The molecule has 1 saturated carbocycles. The van der Waals surface area contributed by atoms with Gasteiger partial charge >= 0.3 is 0 Å². The summed E-state index contributed by atoms with van der Waals surface area (Å²) in [4.78, 5) is 7.07. The molecule has 0 amide bonds. The fraction of sp³-hybridized carbons (Fsp3) is 0.688. The minimum Gasteiger partial charge on any atom is -0.389 e. The van der Waals surface area contributed by atoms with E-state index < -0.39 is 6.10 Å². The zero-order chi connectivity index (χ0) is 13.2. The molecule has 1 saturated heterocycles. The van der Waals surface area contributed by atoms with Gasteiger partial charge < -0.3 is 10.0 Å². The molecule has 3 rings (SSSR count). The maximum absolute atomic E-state index is 9.55. The van der Waals surface area contributed by atoms with Crippen molar-refractivity contribution in [1.29, 1.82) is 0 Å². The van der Waals surface area contributed by atoms with Crippen molar-refractivity contribution in [3.63, 3.8) is 0 Å². The minimum atomic E-state index is -0.425. The first-order valence-corrected chi connectivity index (χ1v) is 7.66. The van der Waals surface area contributed by atoms with Crippen molar-refractivity contribution in [2.75, 3.05) is 11.4 Å². The standard InChI is InChI=1S/C16H24N2O/c1-12(19)14-8-9-16(17-11-14)18-10-4-7-15(18)13-5-2-3-6-13/h8-9,11-13,15,19H,2-7,10H2,1H3. The van der Waals surface area contributed by atoms with Gasteiger partial charge in [-0.3, -0.25) is 0 Å². The molecule has 2 heterocycles. The molecule has 104 valence electrons. The fourth-order valence-corrected chi connectivity index (χ4v) is 3.72. The molecule has 1 aromatic rings. The van der Waals surface area contributed by atoms with E-state index in [4.69, 9.17) is 0 Å². The second-order valence-electron chi connectivity index (χ2n) is 6.07. The Morgan fingerprint density at radius 2 is 2.00 bits per heavy atom. The summed E-state index contributed by atoms with van der Waals surface area (Å²) >= 11 is 0. The van der Waals surface area contributed by atoms with E-state index in [1.54, 1.807) is 6.92 Å². The molecule has 1 aromatic heterocycles. The van der Waals surface area contributed by atoms with E-state index in [0.29, 0.717) is 6.04 Å². The van der Waals surface area contributed by atoms with Crippen LogP contribution in [-0.4, -0.2) is 22.7 Å². The summed E-state index contributed by atoms with van der Waals surface area (Å²) in [5.74, 6) is 1.97. The third-order valence-electron chi connectivity index (χ3n) is 4.79. The van der Waals surface area contributed by atoms with Crippen LogP contribution in [0.1, 0.15) is 57.1 Å². The quantitative estimate of drug-likeness (QED) is 0.906. The van der Waals surface area contributed by atoms with Crippen molar-refractivity contribution < 1.29 is 5.11 Å². The summed E-state index contributed by atoms with van der Waals surface area (Å²) in [6.45, 7) is 2.93. The van der Waals surface area contributed by atoms with Crippen LogP contribution in [0.4, 0.5) is 5.82 Å². The van der Waals surface area contributed by atoms with Crippen molar-refractivity contribution in [2.45, 2.75) is 57.6 Å². The van der Waals surface area contributed by atoms with Gasteiger partial charge in [0.25, 0.3) is 0 Å². The van der Waals surface area contributed by atoms with Gasteiger partial charge in [-0.25, -0.2) is 4.98 Å². The highest BCUT2D eigenvalue weighted by Crippen LogP contribution is 2.37. The minimum absolute atomic E-state index is 0.425. The molecule has 2 aliphatic rings. The van der Waals surface area contributed by atoms with Crippen LogP contribution in [0.5, 0.6) is 0 Å². The molecule has 1 N–H and O–H groups in total. The SMILES string of the molecule is CC(O)c1ccc(N2CCCC2C2CCCC2)nc1. The van der Waals surface area contributed by atoms with Gasteiger partial charge in [0.2, 0.25) is 0 Å². The van der Waals surface area contributed by atoms with Gasteiger partial charge in [0, 0.05) is 18.8 Å². The van der Waals surface area contributed by atoms with E-state index in [9.17, 15) is 5.11 Å². The number of hydrogen-bond donors (Lipinski definition) is 1. The molecule has 2 atom stereocenters. The predicted octanol–water partition coefficient (Wildman–Crippen LogP) is 3.29. The summed E-state index contributed by atoms with van der Waals surface area (Å²) in [6.07, 6.45) is 9.62. The van der Waals surface area contributed by atoms with Crippen LogP contribution in [0.15, 0.2) is 18.3 Å². The first-order chi connectivity index (χ1) is 9.25. The maximum Gasteiger partial charge on any atom is 0.128 e. The number of rotatable bonds is 3. The monoisotopic (exact) mass is 260 g/mol. The second-order valence-corrected chi connectivity index (χ2v) is 6.07. The lowest BCUT2D eigenvalue weighted by atomic mass is 9.96. The van der Waals surface area contributed by atoms with Crippen molar-refractivity contribution in [3.05, 3.63) is 23.9 Å². The van der Waals surface area contributed by atoms with Gasteiger partial charge in [-0.1, -0.05) is 18.9 Å². The van der Waals surface area contributed by atoms with Gasteiger partial charge in [0.15, 0.2) is 0 Å². The molecule has 2 unspecified atom stereocenters. The molecule has 2 fully saturated rings. The fourth-order valence-electron chi connectivity index (χ4n) is 3.72. The number of aliphatic hydroxyl groups excluding tert-OH is 1. The van der Waals surface area contributed by atoms with E-state index >= 15 is 0 Å². The first-order valence-electron chi connectivity index (χ1n) is 7.66. The van der Waals surface area contributed by atoms with Crippen LogP contribution in [0.3, 0.4) is 0 Å². The molecule has 1 aliphatic heterocycles. The Hall–Kier alpha value is -1.09. The van der Waals surface area contributed by atoms with E-state index in [1.165, 1.54) is 38.5 Å². The van der Waals surface area contributed by atoms with Gasteiger partial charge in [-0.15, -0.1) is 0 Å². The number of pyridine rings is 1. The Morgan fingerprint density at radius 1 is 1.21 bits per heavy atom. The number of anilines is 1. The summed E-state index contributed by atoms with van der Waals surface area (Å²) < 4.78 is 0. The third kappa shape index (κ3) is 2.62. The van der Waals surface area contributed by atoms with Gasteiger partial charge in [-0.05, 0) is 50.2 Å². The predicted molar refractivity (Wildman–Crippen MR) is 77.2 cm³/mol. The first kappa shape index (κ1) is 12.9. The number of aromatic nitrogens is 1. The smallest absolute Gasteiger partial charge is 0.128 e. The molecule has 0 aromatic carbocycles. The average Bonchev–Trinajstić information content (AvgIpc) is 3.09. The summed E-state index contributed by atoms with van der Waals surface area (Å²) in [5, 5.41) is 9.55. The van der Waals surface area contributed by atoms with Crippen LogP contribution in [0, 0.1) is 5.92 Å². The average molecular weight is 260 g/mol. The van der Waals surface area contributed by atoms with Crippen molar-refractivity contribution in [2.24, 2.45) is 5.92 Å². The zero-order valence-corrected chi connectivity index (χ0v) is 11.8. The number of nitrogens with zero attached hydrogens (tertiary/aromatic N) is 2. The summed E-state index contributed by atoms with van der Waals surface area (Å²) in [6, 6.07) is 4.79. The largest absolute Gasteiger partial charge is 0.389 e. The van der Waals surface area contributed by atoms with Crippen molar-refractivity contribution in [3.8, 4) is 0 Å². The van der Waals surface area contributed by atoms with Crippen molar-refractivity contribution in [1.82, 2.24) is 4.98 Å². The molecular weight excluding hydrogens is 236 g/mol. The lowest BCUT2D eigenvalue weighted by molar-refractivity contribution is 0.199. The maximum atomic E-state index is 9.55. The molecule has 1 aliphatic carbocycles. The number of hydrogen-bond acceptors (Lipinski definition) is 3.